The van der Waals surface area contributed by atoms with E-state index < -0.39 is 0 Å². The van der Waals surface area contributed by atoms with E-state index >= 15 is 0 Å². The number of nitrogens with two attached hydrogens (primary N) is 1. The highest BCUT2D eigenvalue weighted by Crippen LogP contribution is 2.41. The molecule has 1 aliphatic carbocycles. The molecule has 1 aromatic rings. The van der Waals surface area contributed by atoms with E-state index in [0.717, 1.165) is 43.5 Å². The number of hydrogen-bond acceptors (Lipinski definition) is 2. The van der Waals surface area contributed by atoms with E-state index in [1.54, 1.807) is 0 Å². The van der Waals surface area contributed by atoms with Gasteiger partial charge in [-0.2, -0.15) is 0 Å². The number of likely N-dealkylation sites (tertiary alicyclic amines) is 1. The molecule has 3 rings (SSSR count). The Balaban J connectivity index is 0.00000280. The van der Waals surface area contributed by atoms with E-state index in [1.807, 2.05) is 19.2 Å². The Morgan fingerprint density at radius 1 is 1.29 bits per heavy atom. The fourth-order valence-electron chi connectivity index (χ4n) is 4.71. The first-order chi connectivity index (χ1) is 13.0. The van der Waals surface area contributed by atoms with Crippen LogP contribution in [-0.2, 0) is 10.2 Å². The second-order valence-electron chi connectivity index (χ2n) is 8.02. The van der Waals surface area contributed by atoms with Crippen LogP contribution in [0, 0.1) is 5.92 Å². The number of halogens is 2. The van der Waals surface area contributed by atoms with Crippen LogP contribution in [0.3, 0.4) is 0 Å². The number of amides is 1. The molecule has 0 radical (unpaired) electrons. The van der Waals surface area contributed by atoms with Crippen molar-refractivity contribution in [2.75, 3.05) is 26.7 Å². The smallest absolute Gasteiger partial charge is 0.217 e. The summed E-state index contributed by atoms with van der Waals surface area (Å²) in [6.07, 6.45) is 7.47. The van der Waals surface area contributed by atoms with Crippen LogP contribution in [-0.4, -0.2) is 43.4 Å². The number of hydrogen-bond donors (Lipinski definition) is 2. The molecule has 7 heteroatoms. The molecule has 2 fully saturated rings. The molecule has 0 bridgehead atoms. The van der Waals surface area contributed by atoms with Gasteiger partial charge in [0.2, 0.25) is 5.91 Å². The van der Waals surface area contributed by atoms with Crippen molar-refractivity contribution in [3.8, 4) is 0 Å². The minimum atomic E-state index is -0.211. The van der Waals surface area contributed by atoms with Gasteiger partial charge in [-0.15, -0.1) is 24.0 Å². The summed E-state index contributed by atoms with van der Waals surface area (Å²) in [5.41, 5.74) is 6.90. The predicted molar refractivity (Wildman–Crippen MR) is 126 cm³/mol. The number of primary amides is 1. The summed E-state index contributed by atoms with van der Waals surface area (Å²) in [7, 11) is 1.84. The van der Waals surface area contributed by atoms with Crippen molar-refractivity contribution in [3.63, 3.8) is 0 Å². The first-order valence-electron chi connectivity index (χ1n) is 10.0. The maximum absolute atomic E-state index is 11.3. The van der Waals surface area contributed by atoms with Gasteiger partial charge in [0.1, 0.15) is 0 Å². The Morgan fingerprint density at radius 3 is 2.57 bits per heavy atom. The highest BCUT2D eigenvalue weighted by atomic mass is 127. The molecule has 0 spiro atoms. The average molecular weight is 519 g/mol. The lowest BCUT2D eigenvalue weighted by molar-refractivity contribution is -0.119. The molecule has 1 amide bonds. The van der Waals surface area contributed by atoms with Gasteiger partial charge < -0.3 is 16.0 Å². The fraction of sp³-hybridized carbons (Fsp3) is 0.619. The van der Waals surface area contributed by atoms with Crippen molar-refractivity contribution in [2.24, 2.45) is 16.6 Å². The van der Waals surface area contributed by atoms with Gasteiger partial charge in [0, 0.05) is 43.5 Å². The monoisotopic (exact) mass is 518 g/mol. The fourth-order valence-corrected chi connectivity index (χ4v) is 4.84. The maximum Gasteiger partial charge on any atom is 0.217 e. The van der Waals surface area contributed by atoms with Crippen LogP contribution in [0.5, 0.6) is 0 Å². The summed E-state index contributed by atoms with van der Waals surface area (Å²) in [6, 6.07) is 8.32. The van der Waals surface area contributed by atoms with Crippen LogP contribution in [0.25, 0.3) is 0 Å². The summed E-state index contributed by atoms with van der Waals surface area (Å²) < 4.78 is 0. The van der Waals surface area contributed by atoms with Crippen LogP contribution in [0.1, 0.15) is 50.5 Å². The maximum atomic E-state index is 11.3. The molecule has 1 aromatic carbocycles. The molecular formula is C21H32ClIN4O. The van der Waals surface area contributed by atoms with Crippen molar-refractivity contribution in [3.05, 3.63) is 34.9 Å². The third-order valence-corrected chi connectivity index (χ3v) is 6.37. The third kappa shape index (κ3) is 5.75. The Morgan fingerprint density at radius 2 is 1.96 bits per heavy atom. The van der Waals surface area contributed by atoms with E-state index in [9.17, 15) is 4.79 Å². The zero-order valence-electron chi connectivity index (χ0n) is 16.6. The van der Waals surface area contributed by atoms with E-state index in [0.29, 0.717) is 12.3 Å². The predicted octanol–water partition coefficient (Wildman–Crippen LogP) is 3.93. The number of nitrogens with one attached hydrogen (secondary N) is 1. The Hall–Kier alpha value is -1.02. The van der Waals surface area contributed by atoms with Gasteiger partial charge in [0.05, 0.1) is 0 Å². The zero-order valence-corrected chi connectivity index (χ0v) is 19.7. The number of piperidine rings is 1. The standard InChI is InChI=1S/C21H31ClN4O.HI/c1-24-20(26-12-4-5-16(14-26)13-19(23)27)25-15-21(10-2-3-11-21)17-6-8-18(22)9-7-17;/h6-9,16H,2-5,10-15H2,1H3,(H2,23,27)(H,24,25);1H. The summed E-state index contributed by atoms with van der Waals surface area (Å²) in [4.78, 5) is 18.1. The van der Waals surface area contributed by atoms with Gasteiger partial charge in [0.25, 0.3) is 0 Å². The van der Waals surface area contributed by atoms with Gasteiger partial charge >= 0.3 is 0 Å². The molecule has 3 N–H and O–H groups in total. The first kappa shape index (κ1) is 23.3. The zero-order chi connectivity index (χ0) is 19.3. The van der Waals surface area contributed by atoms with Crippen molar-refractivity contribution < 1.29 is 4.79 Å². The van der Waals surface area contributed by atoms with E-state index in [4.69, 9.17) is 17.3 Å². The average Bonchev–Trinajstić information content (AvgIpc) is 3.13. The van der Waals surface area contributed by atoms with E-state index in [2.05, 4.69) is 27.3 Å². The number of carbonyl (C=O) groups excluding carboxylic acids is 1. The lowest BCUT2D eigenvalue weighted by Crippen LogP contribution is -2.50. The summed E-state index contributed by atoms with van der Waals surface area (Å²) in [6.45, 7) is 2.69. The number of carbonyl (C=O) groups is 1. The topological polar surface area (TPSA) is 70.7 Å². The van der Waals surface area contributed by atoms with Crippen molar-refractivity contribution in [1.29, 1.82) is 0 Å². The number of aliphatic imine (C=N–C) groups is 1. The van der Waals surface area contributed by atoms with Crippen molar-refractivity contribution >= 4 is 47.4 Å². The van der Waals surface area contributed by atoms with Crippen LogP contribution < -0.4 is 11.1 Å². The van der Waals surface area contributed by atoms with Crippen molar-refractivity contribution in [2.45, 2.75) is 50.4 Å². The SMILES string of the molecule is CN=C(NCC1(c2ccc(Cl)cc2)CCCC1)N1CCCC(CC(N)=O)C1.I. The van der Waals surface area contributed by atoms with Crippen LogP contribution in [0.15, 0.2) is 29.3 Å². The van der Waals surface area contributed by atoms with Crippen LogP contribution in [0.4, 0.5) is 0 Å². The molecule has 5 nitrogen and oxygen atoms in total. The first-order valence-corrected chi connectivity index (χ1v) is 10.4. The second-order valence-corrected chi connectivity index (χ2v) is 8.46. The van der Waals surface area contributed by atoms with E-state index in [-0.39, 0.29) is 35.3 Å². The van der Waals surface area contributed by atoms with Gasteiger partial charge in [-0.3, -0.25) is 9.79 Å². The molecule has 1 unspecified atom stereocenters. The lowest BCUT2D eigenvalue weighted by atomic mass is 9.79. The molecule has 28 heavy (non-hydrogen) atoms. The summed E-state index contributed by atoms with van der Waals surface area (Å²) in [5.74, 6) is 1.05. The Kier molecular flexibility index (Phi) is 8.86. The summed E-state index contributed by atoms with van der Waals surface area (Å²) >= 11 is 6.09. The van der Waals surface area contributed by atoms with E-state index in [1.165, 1.54) is 31.2 Å². The molecule has 2 aliphatic rings. The normalized spacial score (nSPS) is 21.9. The van der Waals surface area contributed by atoms with Gasteiger partial charge in [-0.1, -0.05) is 36.6 Å². The number of nitrogens with zero attached hydrogens (tertiary/aromatic N) is 2. The molecule has 1 saturated heterocycles. The number of rotatable bonds is 5. The second kappa shape index (κ2) is 10.7. The largest absolute Gasteiger partial charge is 0.370 e. The number of benzene rings is 1. The quantitative estimate of drug-likeness (QED) is 0.352. The van der Waals surface area contributed by atoms with Crippen LogP contribution in [0.2, 0.25) is 5.02 Å². The molecule has 156 valence electrons. The minimum absolute atomic E-state index is 0. The highest BCUT2D eigenvalue weighted by molar-refractivity contribution is 14.0. The minimum Gasteiger partial charge on any atom is -0.370 e. The van der Waals surface area contributed by atoms with Gasteiger partial charge in [-0.05, 0) is 49.3 Å². The molecule has 0 aromatic heterocycles. The summed E-state index contributed by atoms with van der Waals surface area (Å²) in [5, 5.41) is 4.42. The lowest BCUT2D eigenvalue weighted by Gasteiger charge is -2.37. The van der Waals surface area contributed by atoms with Gasteiger partial charge in [-0.25, -0.2) is 0 Å². The Bertz CT molecular complexity index is 673. The highest BCUT2D eigenvalue weighted by Gasteiger charge is 2.36. The van der Waals surface area contributed by atoms with Crippen molar-refractivity contribution in [1.82, 2.24) is 10.2 Å². The molecule has 1 atom stereocenters. The molecular weight excluding hydrogens is 487 g/mol. The molecule has 1 saturated carbocycles. The molecule has 1 aliphatic heterocycles. The van der Waals surface area contributed by atoms with Crippen LogP contribution >= 0.6 is 35.6 Å². The third-order valence-electron chi connectivity index (χ3n) is 6.12. The van der Waals surface area contributed by atoms with Gasteiger partial charge in [0.15, 0.2) is 5.96 Å². The number of guanidine groups is 1. The Labute approximate surface area is 190 Å². The molecule has 1 heterocycles.